The third-order valence-electron chi connectivity index (χ3n) is 7.10. The van der Waals surface area contributed by atoms with Crippen LogP contribution in [0.15, 0.2) is 30.9 Å². The number of piperazine rings is 1. The topological polar surface area (TPSA) is 74.7 Å². The summed E-state index contributed by atoms with van der Waals surface area (Å²) in [5.41, 5.74) is 1.58. The minimum atomic E-state index is -0.374. The first kappa shape index (κ1) is 21.1. The van der Waals surface area contributed by atoms with Gasteiger partial charge < -0.3 is 14.5 Å². The molecule has 1 amide bonds. The van der Waals surface area contributed by atoms with Crippen LogP contribution in [0, 0.1) is 11.2 Å². The summed E-state index contributed by atoms with van der Waals surface area (Å²) in [6.07, 6.45) is 9.32. The lowest BCUT2D eigenvalue weighted by atomic mass is 9.64. The Morgan fingerprint density at radius 3 is 2.69 bits per heavy atom. The normalized spacial score (nSPS) is 25.8. The summed E-state index contributed by atoms with van der Waals surface area (Å²) in [6.45, 7) is 7.47. The number of hydrogen-bond acceptors (Lipinski definition) is 7. The lowest BCUT2D eigenvalue weighted by molar-refractivity contribution is 0.00386. The van der Waals surface area contributed by atoms with Crippen molar-refractivity contribution in [2.24, 2.45) is 5.41 Å². The molecular weight excluding hydrogens is 411 g/mol. The second kappa shape index (κ2) is 8.61. The maximum atomic E-state index is 13.9. The molecule has 2 aromatic heterocycles. The van der Waals surface area contributed by atoms with Gasteiger partial charge in [-0.05, 0) is 37.7 Å². The molecule has 2 saturated heterocycles. The zero-order valence-corrected chi connectivity index (χ0v) is 18.4. The number of amides is 1. The molecule has 0 bridgehead atoms. The quantitative estimate of drug-likeness (QED) is 0.724. The molecule has 0 N–H and O–H groups in total. The average Bonchev–Trinajstić information content (AvgIpc) is 3.25. The maximum absolute atomic E-state index is 13.9. The molecule has 0 aromatic carbocycles. The second-order valence-corrected chi connectivity index (χ2v) is 9.07. The molecule has 0 unspecified atom stereocenters. The third kappa shape index (κ3) is 4.01. The molecule has 170 valence electrons. The minimum Gasteiger partial charge on any atom is -0.450 e. The molecule has 3 fully saturated rings. The van der Waals surface area contributed by atoms with Gasteiger partial charge in [-0.25, -0.2) is 14.2 Å². The van der Waals surface area contributed by atoms with Gasteiger partial charge in [0.1, 0.15) is 11.6 Å². The van der Waals surface area contributed by atoms with Crippen molar-refractivity contribution < 1.29 is 13.9 Å². The number of rotatable bonds is 4. The van der Waals surface area contributed by atoms with Gasteiger partial charge in [0.05, 0.1) is 24.7 Å². The van der Waals surface area contributed by atoms with Crippen molar-refractivity contribution in [1.82, 2.24) is 24.8 Å². The molecule has 0 radical (unpaired) electrons. The first-order valence-corrected chi connectivity index (χ1v) is 11.4. The van der Waals surface area contributed by atoms with E-state index < -0.39 is 0 Å². The molecule has 3 aliphatic rings. The van der Waals surface area contributed by atoms with E-state index in [1.165, 1.54) is 12.3 Å². The van der Waals surface area contributed by atoms with Gasteiger partial charge in [0.25, 0.3) is 0 Å². The van der Waals surface area contributed by atoms with Gasteiger partial charge in [-0.1, -0.05) is 0 Å². The van der Waals surface area contributed by atoms with Gasteiger partial charge in [-0.15, -0.1) is 0 Å². The lowest BCUT2D eigenvalue weighted by Crippen LogP contribution is -2.58. The summed E-state index contributed by atoms with van der Waals surface area (Å²) >= 11 is 0. The van der Waals surface area contributed by atoms with E-state index in [9.17, 15) is 9.18 Å². The number of aromatic nitrogens is 3. The first-order chi connectivity index (χ1) is 15.6. The van der Waals surface area contributed by atoms with E-state index in [-0.39, 0.29) is 17.3 Å². The standard InChI is InChI=1S/C23H29FN6O2/c1-2-32-22(31)30-6-3-23(16-30)12-18(13-23)28-7-9-29(10-8-28)21-19(11-17(24)14-27-21)20-15-25-4-5-26-20/h4-5,11,14-15,18H,2-3,6-10,12-13,16H2,1H3/t18-,23-. The van der Waals surface area contributed by atoms with E-state index in [1.807, 2.05) is 11.8 Å². The summed E-state index contributed by atoms with van der Waals surface area (Å²) < 4.78 is 19.1. The SMILES string of the molecule is CCOC(=O)N1CC[C@]2(C1)C[C@H](N1CCN(c3ncc(F)cc3-c3cnccn3)CC1)C2. The number of nitrogens with zero attached hydrogens (tertiary/aromatic N) is 6. The van der Waals surface area contributed by atoms with E-state index in [0.29, 0.717) is 23.9 Å². The predicted molar refractivity (Wildman–Crippen MR) is 118 cm³/mol. The van der Waals surface area contributed by atoms with E-state index in [1.54, 1.807) is 18.6 Å². The summed E-state index contributed by atoms with van der Waals surface area (Å²) in [5, 5.41) is 0. The van der Waals surface area contributed by atoms with Gasteiger partial charge in [0.15, 0.2) is 0 Å². The molecule has 1 saturated carbocycles. The number of likely N-dealkylation sites (tertiary alicyclic amines) is 1. The highest BCUT2D eigenvalue weighted by Crippen LogP contribution is 2.50. The third-order valence-corrected chi connectivity index (χ3v) is 7.10. The molecule has 1 spiro atoms. The number of hydrogen-bond donors (Lipinski definition) is 0. The van der Waals surface area contributed by atoms with Crippen molar-refractivity contribution in [2.45, 2.75) is 32.2 Å². The largest absolute Gasteiger partial charge is 0.450 e. The Morgan fingerprint density at radius 1 is 1.16 bits per heavy atom. The predicted octanol–water partition coefficient (Wildman–Crippen LogP) is 2.81. The summed E-state index contributed by atoms with van der Waals surface area (Å²) in [7, 11) is 0. The minimum absolute atomic E-state index is 0.174. The Hall–Kier alpha value is -2.81. The highest BCUT2D eigenvalue weighted by atomic mass is 19.1. The molecule has 9 heteroatoms. The van der Waals surface area contributed by atoms with Crippen LogP contribution in [0.3, 0.4) is 0 Å². The molecule has 4 heterocycles. The Bertz CT molecular complexity index is 960. The van der Waals surface area contributed by atoms with Crippen molar-refractivity contribution in [3.63, 3.8) is 0 Å². The molecule has 8 nitrogen and oxygen atoms in total. The average molecular weight is 441 g/mol. The molecule has 2 aliphatic heterocycles. The van der Waals surface area contributed by atoms with Crippen LogP contribution in [0.2, 0.25) is 0 Å². The van der Waals surface area contributed by atoms with Crippen LogP contribution in [-0.4, -0.2) is 82.8 Å². The maximum Gasteiger partial charge on any atom is 0.409 e. The van der Waals surface area contributed by atoms with E-state index in [0.717, 1.165) is 64.3 Å². The fraction of sp³-hybridized carbons (Fsp3) is 0.565. The van der Waals surface area contributed by atoms with Crippen molar-refractivity contribution in [1.29, 1.82) is 0 Å². The van der Waals surface area contributed by atoms with Crippen molar-refractivity contribution in [3.8, 4) is 11.3 Å². The molecule has 2 aromatic rings. The fourth-order valence-electron chi connectivity index (χ4n) is 5.45. The Morgan fingerprint density at radius 2 is 1.97 bits per heavy atom. The van der Waals surface area contributed by atoms with Gasteiger partial charge >= 0.3 is 6.09 Å². The highest BCUT2D eigenvalue weighted by molar-refractivity contribution is 5.73. The fourth-order valence-corrected chi connectivity index (χ4v) is 5.45. The number of anilines is 1. The Balaban J connectivity index is 1.18. The number of pyridine rings is 1. The van der Waals surface area contributed by atoms with Gasteiger partial charge in [0, 0.05) is 63.3 Å². The summed E-state index contributed by atoms with van der Waals surface area (Å²) in [5.74, 6) is 0.388. The number of carbonyl (C=O) groups is 1. The van der Waals surface area contributed by atoms with Gasteiger partial charge in [-0.3, -0.25) is 14.9 Å². The van der Waals surface area contributed by atoms with Crippen LogP contribution >= 0.6 is 0 Å². The van der Waals surface area contributed by atoms with Crippen molar-refractivity contribution >= 4 is 11.9 Å². The first-order valence-electron chi connectivity index (χ1n) is 11.4. The van der Waals surface area contributed by atoms with Crippen LogP contribution in [0.25, 0.3) is 11.3 Å². The van der Waals surface area contributed by atoms with Crippen LogP contribution in [-0.2, 0) is 4.74 Å². The lowest BCUT2D eigenvalue weighted by Gasteiger charge is -2.52. The Kier molecular flexibility index (Phi) is 5.67. The monoisotopic (exact) mass is 440 g/mol. The van der Waals surface area contributed by atoms with Gasteiger partial charge in [0.2, 0.25) is 0 Å². The highest BCUT2D eigenvalue weighted by Gasteiger charge is 2.51. The number of ether oxygens (including phenoxy) is 1. The van der Waals surface area contributed by atoms with Crippen LogP contribution in [0.1, 0.15) is 26.2 Å². The van der Waals surface area contributed by atoms with E-state index >= 15 is 0 Å². The summed E-state index contributed by atoms with van der Waals surface area (Å²) in [4.78, 5) is 31.5. The zero-order valence-electron chi connectivity index (χ0n) is 18.4. The molecule has 5 rings (SSSR count). The second-order valence-electron chi connectivity index (χ2n) is 9.07. The van der Waals surface area contributed by atoms with E-state index in [4.69, 9.17) is 4.74 Å². The van der Waals surface area contributed by atoms with E-state index in [2.05, 4.69) is 24.8 Å². The molecule has 0 atom stereocenters. The molecular formula is C23H29FN6O2. The van der Waals surface area contributed by atoms with Crippen molar-refractivity contribution in [2.75, 3.05) is 50.8 Å². The molecule has 1 aliphatic carbocycles. The number of halogens is 1. The van der Waals surface area contributed by atoms with Gasteiger partial charge in [-0.2, -0.15) is 0 Å². The molecule has 32 heavy (non-hydrogen) atoms. The zero-order chi connectivity index (χ0) is 22.1. The van der Waals surface area contributed by atoms with Crippen LogP contribution < -0.4 is 4.90 Å². The number of carbonyl (C=O) groups excluding carboxylic acids is 1. The van der Waals surface area contributed by atoms with Crippen molar-refractivity contribution in [3.05, 3.63) is 36.7 Å². The summed E-state index contributed by atoms with van der Waals surface area (Å²) in [6, 6.07) is 2.06. The smallest absolute Gasteiger partial charge is 0.409 e. The Labute approximate surface area is 187 Å². The van der Waals surface area contributed by atoms with Crippen LogP contribution in [0.4, 0.5) is 15.0 Å². The van der Waals surface area contributed by atoms with Crippen LogP contribution in [0.5, 0.6) is 0 Å².